The maximum absolute atomic E-state index is 12.6. The van der Waals surface area contributed by atoms with E-state index in [0.717, 1.165) is 12.8 Å². The van der Waals surface area contributed by atoms with Gasteiger partial charge in [0, 0.05) is 13.1 Å². The molecule has 1 N–H and O–H groups in total. The Morgan fingerprint density at radius 3 is 2.05 bits per heavy atom. The molecule has 4 rings (SSSR count). The zero-order chi connectivity index (χ0) is 15.9. The highest BCUT2D eigenvalue weighted by atomic mass is 16.2. The molecule has 2 bridgehead atoms. The minimum atomic E-state index is -0.235. The Kier molecular flexibility index (Phi) is 3.93. The number of nitrogens with zero attached hydrogens (tertiary/aromatic N) is 2. The largest absolute Gasteiger partial charge is 0.325 e. The molecule has 2 fully saturated rings. The number of carbonyl (C=O) groups is 3. The Bertz CT molecular complexity index is 495. The van der Waals surface area contributed by atoms with Crippen LogP contribution in [-0.4, -0.2) is 47.4 Å². The highest BCUT2D eigenvalue weighted by molar-refractivity contribution is 6.06. The van der Waals surface area contributed by atoms with Gasteiger partial charge in [0.15, 0.2) is 0 Å². The third-order valence-electron chi connectivity index (χ3n) is 5.29. The van der Waals surface area contributed by atoms with Gasteiger partial charge in [-0.2, -0.15) is 0 Å². The van der Waals surface area contributed by atoms with Crippen LogP contribution in [0.25, 0.3) is 0 Å². The SMILES string of the molecule is CCN(CC)C(=O)NCN1C(=O)[C@@H]2[C@@H](C1=O)[C@H]1C=C[C@H]2CC1. The molecule has 1 saturated heterocycles. The summed E-state index contributed by atoms with van der Waals surface area (Å²) in [6.45, 7) is 4.98. The van der Waals surface area contributed by atoms with Crippen molar-refractivity contribution in [3.8, 4) is 0 Å². The number of nitrogens with one attached hydrogen (secondary N) is 1. The van der Waals surface area contributed by atoms with E-state index in [9.17, 15) is 14.4 Å². The van der Waals surface area contributed by atoms with E-state index in [2.05, 4.69) is 17.5 Å². The van der Waals surface area contributed by atoms with Gasteiger partial charge in [-0.05, 0) is 38.5 Å². The van der Waals surface area contributed by atoms with E-state index in [0.29, 0.717) is 13.1 Å². The van der Waals surface area contributed by atoms with Crippen LogP contribution >= 0.6 is 0 Å². The average molecular weight is 305 g/mol. The Hall–Kier alpha value is -1.85. The number of fused-ring (bicyclic) bond motifs is 1. The molecule has 4 atom stereocenters. The van der Waals surface area contributed by atoms with Crippen molar-refractivity contribution < 1.29 is 14.4 Å². The van der Waals surface area contributed by atoms with Crippen LogP contribution < -0.4 is 5.32 Å². The third kappa shape index (κ3) is 2.21. The number of amides is 4. The minimum Gasteiger partial charge on any atom is -0.325 e. The molecule has 6 nitrogen and oxygen atoms in total. The molecule has 0 spiro atoms. The predicted octanol–water partition coefficient (Wildman–Crippen LogP) is 1.19. The summed E-state index contributed by atoms with van der Waals surface area (Å²) in [7, 11) is 0. The van der Waals surface area contributed by atoms with Gasteiger partial charge < -0.3 is 10.2 Å². The lowest BCUT2D eigenvalue weighted by molar-refractivity contribution is -0.140. The van der Waals surface area contributed by atoms with Crippen molar-refractivity contribution in [1.29, 1.82) is 0 Å². The summed E-state index contributed by atoms with van der Waals surface area (Å²) in [5.41, 5.74) is 0. The van der Waals surface area contributed by atoms with E-state index in [1.807, 2.05) is 13.8 Å². The van der Waals surface area contributed by atoms with Crippen molar-refractivity contribution >= 4 is 17.8 Å². The molecule has 6 heteroatoms. The van der Waals surface area contributed by atoms with Crippen LogP contribution in [0.2, 0.25) is 0 Å². The molecule has 120 valence electrons. The summed E-state index contributed by atoms with van der Waals surface area (Å²) in [5.74, 6) is -0.268. The Balaban J connectivity index is 1.68. The van der Waals surface area contributed by atoms with E-state index < -0.39 is 0 Å². The first-order chi connectivity index (χ1) is 10.6. The molecular formula is C16H23N3O3. The normalized spacial score (nSPS) is 32.4. The number of allylic oxidation sites excluding steroid dienone is 2. The summed E-state index contributed by atoms with van der Waals surface area (Å²) in [6, 6.07) is -0.235. The molecular weight excluding hydrogens is 282 g/mol. The van der Waals surface area contributed by atoms with Gasteiger partial charge in [-0.15, -0.1) is 0 Å². The lowest BCUT2D eigenvalue weighted by atomic mass is 9.63. The second-order valence-corrected chi connectivity index (χ2v) is 6.26. The number of likely N-dealkylation sites (tertiary alicyclic amines) is 1. The summed E-state index contributed by atoms with van der Waals surface area (Å²) in [4.78, 5) is 40.0. The number of hydrogen-bond acceptors (Lipinski definition) is 3. The van der Waals surface area contributed by atoms with Crippen molar-refractivity contribution in [2.24, 2.45) is 23.7 Å². The van der Waals surface area contributed by atoms with Crippen molar-refractivity contribution in [3.05, 3.63) is 12.2 Å². The zero-order valence-electron chi connectivity index (χ0n) is 13.1. The van der Waals surface area contributed by atoms with Crippen molar-refractivity contribution in [3.63, 3.8) is 0 Å². The van der Waals surface area contributed by atoms with Gasteiger partial charge in [0.05, 0.1) is 11.8 Å². The van der Waals surface area contributed by atoms with Crippen LogP contribution in [-0.2, 0) is 9.59 Å². The lowest BCUT2D eigenvalue weighted by Gasteiger charge is -2.38. The number of imide groups is 1. The zero-order valence-corrected chi connectivity index (χ0v) is 13.1. The molecule has 1 saturated carbocycles. The van der Waals surface area contributed by atoms with Gasteiger partial charge in [0.1, 0.15) is 6.67 Å². The van der Waals surface area contributed by atoms with Crippen LogP contribution in [0.1, 0.15) is 26.7 Å². The summed E-state index contributed by atoms with van der Waals surface area (Å²) >= 11 is 0. The molecule has 3 aliphatic carbocycles. The topological polar surface area (TPSA) is 69.7 Å². The third-order valence-corrected chi connectivity index (χ3v) is 5.29. The first-order valence-corrected chi connectivity index (χ1v) is 8.14. The lowest BCUT2D eigenvalue weighted by Crippen LogP contribution is -2.47. The first kappa shape index (κ1) is 15.1. The highest BCUT2D eigenvalue weighted by Gasteiger charge is 2.56. The minimum absolute atomic E-state index is 0.0144. The Morgan fingerprint density at radius 2 is 1.64 bits per heavy atom. The van der Waals surface area contributed by atoms with Gasteiger partial charge in [0.25, 0.3) is 0 Å². The Labute approximate surface area is 130 Å². The van der Waals surface area contributed by atoms with Crippen molar-refractivity contribution in [1.82, 2.24) is 15.1 Å². The van der Waals surface area contributed by atoms with Gasteiger partial charge in [-0.1, -0.05) is 12.2 Å². The van der Waals surface area contributed by atoms with E-state index in [1.54, 1.807) is 4.90 Å². The molecule has 1 heterocycles. The van der Waals surface area contributed by atoms with Gasteiger partial charge in [-0.3, -0.25) is 14.5 Å². The van der Waals surface area contributed by atoms with Crippen LogP contribution in [0.15, 0.2) is 12.2 Å². The van der Waals surface area contributed by atoms with Crippen LogP contribution in [0, 0.1) is 23.7 Å². The maximum Gasteiger partial charge on any atom is 0.318 e. The second-order valence-electron chi connectivity index (χ2n) is 6.26. The molecule has 0 unspecified atom stereocenters. The molecule has 1 aliphatic heterocycles. The molecule has 4 amide bonds. The summed E-state index contributed by atoms with van der Waals surface area (Å²) in [5, 5.41) is 2.70. The Morgan fingerprint density at radius 1 is 1.14 bits per heavy atom. The summed E-state index contributed by atoms with van der Waals surface area (Å²) < 4.78 is 0. The fourth-order valence-corrected chi connectivity index (χ4v) is 4.06. The number of rotatable bonds is 4. The second kappa shape index (κ2) is 5.74. The number of carbonyl (C=O) groups excluding carboxylic acids is 3. The molecule has 4 aliphatic rings. The highest BCUT2D eigenvalue weighted by Crippen LogP contribution is 2.49. The van der Waals surface area contributed by atoms with Crippen LogP contribution in [0.5, 0.6) is 0 Å². The summed E-state index contributed by atoms with van der Waals surface area (Å²) in [6.07, 6.45) is 6.17. The quantitative estimate of drug-likeness (QED) is 0.626. The van der Waals surface area contributed by atoms with Crippen molar-refractivity contribution in [2.45, 2.75) is 26.7 Å². The monoisotopic (exact) mass is 305 g/mol. The number of urea groups is 1. The van der Waals surface area contributed by atoms with Gasteiger partial charge >= 0.3 is 6.03 Å². The van der Waals surface area contributed by atoms with Gasteiger partial charge in [-0.25, -0.2) is 4.79 Å². The fraction of sp³-hybridized carbons (Fsp3) is 0.688. The molecule has 0 radical (unpaired) electrons. The molecule has 22 heavy (non-hydrogen) atoms. The molecule has 0 aromatic heterocycles. The standard InChI is InChI=1S/C16H23N3O3/c1-3-18(4-2)16(22)17-9-19-14(20)12-10-5-6-11(8-7-10)13(12)15(19)21/h5-6,10-13H,3-4,7-9H2,1-2H3,(H,17,22)/t10-,11-,12-,13-/m0/s1. The fourth-order valence-electron chi connectivity index (χ4n) is 4.06. The van der Waals surface area contributed by atoms with Crippen LogP contribution in [0.3, 0.4) is 0 Å². The first-order valence-electron chi connectivity index (χ1n) is 8.14. The van der Waals surface area contributed by atoms with Crippen LogP contribution in [0.4, 0.5) is 4.79 Å². The molecule has 0 aromatic carbocycles. The van der Waals surface area contributed by atoms with E-state index >= 15 is 0 Å². The van der Waals surface area contributed by atoms with Gasteiger partial charge in [0.2, 0.25) is 11.8 Å². The average Bonchev–Trinajstić information content (AvgIpc) is 2.81. The number of hydrogen-bond donors (Lipinski definition) is 1. The predicted molar refractivity (Wildman–Crippen MR) is 80.5 cm³/mol. The maximum atomic E-state index is 12.6. The smallest absolute Gasteiger partial charge is 0.318 e. The molecule has 0 aromatic rings. The van der Waals surface area contributed by atoms with E-state index in [-0.39, 0.29) is 48.2 Å². The van der Waals surface area contributed by atoms with E-state index in [4.69, 9.17) is 0 Å². The van der Waals surface area contributed by atoms with Crippen molar-refractivity contribution in [2.75, 3.05) is 19.8 Å². The van der Waals surface area contributed by atoms with E-state index in [1.165, 1.54) is 4.90 Å².